The number of benzene rings is 2. The van der Waals surface area contributed by atoms with Gasteiger partial charge in [0.05, 0.1) is 26.0 Å². The number of rotatable bonds is 3. The van der Waals surface area contributed by atoms with Crippen molar-refractivity contribution in [2.24, 2.45) is 0 Å². The topological polar surface area (TPSA) is 43.1 Å². The third-order valence-corrected chi connectivity index (χ3v) is 4.89. The van der Waals surface area contributed by atoms with Crippen LogP contribution in [-0.4, -0.2) is 4.21 Å². The van der Waals surface area contributed by atoms with Crippen molar-refractivity contribution < 1.29 is 4.21 Å². The molecule has 2 aromatic carbocycles. The molecule has 0 heterocycles. The Morgan fingerprint density at radius 3 is 2.50 bits per heavy atom. The molecule has 94 valence electrons. The molecule has 0 fully saturated rings. The van der Waals surface area contributed by atoms with Crippen LogP contribution >= 0.6 is 11.6 Å². The Kier molecular flexibility index (Phi) is 4.04. The minimum absolute atomic E-state index is 0.120. The van der Waals surface area contributed by atoms with E-state index in [4.69, 9.17) is 17.3 Å². The van der Waals surface area contributed by atoms with Gasteiger partial charge < -0.3 is 5.73 Å². The van der Waals surface area contributed by atoms with E-state index in [2.05, 4.69) is 0 Å². The van der Waals surface area contributed by atoms with Crippen LogP contribution in [0.15, 0.2) is 53.4 Å². The van der Waals surface area contributed by atoms with E-state index >= 15 is 0 Å². The number of halogens is 1. The Balaban J connectivity index is 2.34. The maximum Gasteiger partial charge on any atom is 0.0618 e. The molecule has 2 N–H and O–H groups in total. The zero-order valence-corrected chi connectivity index (χ0v) is 11.5. The summed E-state index contributed by atoms with van der Waals surface area (Å²) < 4.78 is 12.5. The number of hydrogen-bond acceptors (Lipinski definition) is 2. The molecular formula is C14H14ClNOS. The number of hydrogen-bond donors (Lipinski definition) is 1. The number of nitrogens with two attached hydrogens (primary N) is 1. The second kappa shape index (κ2) is 5.55. The molecule has 2 rings (SSSR count). The SMILES string of the molecule is CC(c1ccccc1)S(=O)c1cc(N)ccc1Cl. The summed E-state index contributed by atoms with van der Waals surface area (Å²) in [4.78, 5) is 0.591. The molecule has 0 amide bonds. The van der Waals surface area contributed by atoms with Gasteiger partial charge in [-0.05, 0) is 30.7 Å². The first-order valence-electron chi connectivity index (χ1n) is 5.60. The largest absolute Gasteiger partial charge is 0.399 e. The van der Waals surface area contributed by atoms with Crippen LogP contribution in [0.4, 0.5) is 5.69 Å². The van der Waals surface area contributed by atoms with Crippen LogP contribution in [-0.2, 0) is 10.8 Å². The molecule has 0 aliphatic carbocycles. The third-order valence-electron chi connectivity index (χ3n) is 2.76. The molecule has 2 unspecified atom stereocenters. The molecule has 18 heavy (non-hydrogen) atoms. The minimum atomic E-state index is -1.21. The van der Waals surface area contributed by atoms with E-state index in [0.717, 1.165) is 5.56 Å². The molecule has 0 aromatic heterocycles. The lowest BCUT2D eigenvalue weighted by molar-refractivity contribution is 0.676. The molecule has 4 heteroatoms. The molecular weight excluding hydrogens is 266 g/mol. The number of nitrogen functional groups attached to an aromatic ring is 1. The van der Waals surface area contributed by atoms with Crippen molar-refractivity contribution in [3.05, 3.63) is 59.1 Å². The van der Waals surface area contributed by atoms with E-state index in [1.807, 2.05) is 37.3 Å². The highest BCUT2D eigenvalue weighted by Crippen LogP contribution is 2.30. The van der Waals surface area contributed by atoms with Gasteiger partial charge in [0, 0.05) is 5.69 Å². The standard InChI is InChI=1S/C14H14ClNOS/c1-10(11-5-3-2-4-6-11)18(17)14-9-12(16)7-8-13(14)15/h2-10H,16H2,1H3. The maximum absolute atomic E-state index is 12.5. The summed E-state index contributed by atoms with van der Waals surface area (Å²) in [5.74, 6) is 0. The summed E-state index contributed by atoms with van der Waals surface area (Å²) in [6.45, 7) is 1.92. The van der Waals surface area contributed by atoms with Crippen molar-refractivity contribution in [3.8, 4) is 0 Å². The van der Waals surface area contributed by atoms with Crippen LogP contribution in [0, 0.1) is 0 Å². The minimum Gasteiger partial charge on any atom is -0.399 e. The van der Waals surface area contributed by atoms with E-state index in [1.165, 1.54) is 0 Å². The number of anilines is 1. The van der Waals surface area contributed by atoms with Gasteiger partial charge in [-0.15, -0.1) is 0 Å². The summed E-state index contributed by atoms with van der Waals surface area (Å²) in [5.41, 5.74) is 7.31. The van der Waals surface area contributed by atoms with E-state index in [-0.39, 0.29) is 5.25 Å². The van der Waals surface area contributed by atoms with Crippen LogP contribution in [0.3, 0.4) is 0 Å². The zero-order valence-electron chi connectivity index (χ0n) is 9.97. The van der Waals surface area contributed by atoms with Gasteiger partial charge in [-0.25, -0.2) is 0 Å². The summed E-state index contributed by atoms with van der Waals surface area (Å²) in [7, 11) is -1.21. The molecule has 0 aliphatic heterocycles. The summed E-state index contributed by atoms with van der Waals surface area (Å²) in [5, 5.41) is 0.371. The Bertz CT molecular complexity index is 571. The molecule has 0 radical (unpaired) electrons. The van der Waals surface area contributed by atoms with E-state index in [9.17, 15) is 4.21 Å². The van der Waals surface area contributed by atoms with Gasteiger partial charge >= 0.3 is 0 Å². The Labute approximate surface area is 114 Å². The van der Waals surface area contributed by atoms with Crippen molar-refractivity contribution >= 4 is 28.1 Å². The van der Waals surface area contributed by atoms with Crippen LogP contribution in [0.1, 0.15) is 17.7 Å². The van der Waals surface area contributed by atoms with Gasteiger partial charge in [-0.2, -0.15) is 0 Å². The molecule has 0 saturated carbocycles. The first kappa shape index (κ1) is 13.1. The van der Waals surface area contributed by atoms with Crippen molar-refractivity contribution in [2.45, 2.75) is 17.1 Å². The summed E-state index contributed by atoms with van der Waals surface area (Å²) >= 11 is 6.07. The fourth-order valence-electron chi connectivity index (χ4n) is 1.71. The Hall–Kier alpha value is -1.32. The normalized spacial score (nSPS) is 14.1. The van der Waals surface area contributed by atoms with E-state index in [0.29, 0.717) is 15.6 Å². The first-order valence-corrected chi connectivity index (χ1v) is 7.19. The lowest BCUT2D eigenvalue weighted by Crippen LogP contribution is -2.04. The monoisotopic (exact) mass is 279 g/mol. The van der Waals surface area contributed by atoms with Crippen LogP contribution in [0.2, 0.25) is 5.02 Å². The molecule has 2 nitrogen and oxygen atoms in total. The fourth-order valence-corrected chi connectivity index (χ4v) is 3.36. The average Bonchev–Trinajstić information content (AvgIpc) is 2.41. The first-order chi connectivity index (χ1) is 8.59. The van der Waals surface area contributed by atoms with Crippen molar-refractivity contribution in [1.82, 2.24) is 0 Å². The summed E-state index contributed by atoms with van der Waals surface area (Å²) in [6, 6.07) is 14.8. The van der Waals surface area contributed by atoms with Crippen LogP contribution in [0.25, 0.3) is 0 Å². The van der Waals surface area contributed by atoms with E-state index in [1.54, 1.807) is 18.2 Å². The van der Waals surface area contributed by atoms with Gasteiger partial charge in [-0.3, -0.25) is 4.21 Å². The molecule has 0 aliphatic rings. The molecule has 0 spiro atoms. The molecule has 2 aromatic rings. The molecule has 2 atom stereocenters. The van der Waals surface area contributed by atoms with Gasteiger partial charge in [0.15, 0.2) is 0 Å². The van der Waals surface area contributed by atoms with Gasteiger partial charge in [0.25, 0.3) is 0 Å². The third kappa shape index (κ3) is 2.74. The highest BCUT2D eigenvalue weighted by atomic mass is 35.5. The van der Waals surface area contributed by atoms with Crippen molar-refractivity contribution in [3.63, 3.8) is 0 Å². The van der Waals surface area contributed by atoms with Crippen LogP contribution in [0.5, 0.6) is 0 Å². The highest BCUT2D eigenvalue weighted by molar-refractivity contribution is 7.85. The Morgan fingerprint density at radius 2 is 1.83 bits per heavy atom. The highest BCUT2D eigenvalue weighted by Gasteiger charge is 2.18. The zero-order chi connectivity index (χ0) is 13.1. The summed E-state index contributed by atoms with van der Waals surface area (Å²) in [6.07, 6.45) is 0. The van der Waals surface area contributed by atoms with E-state index < -0.39 is 10.8 Å². The quantitative estimate of drug-likeness (QED) is 0.869. The lowest BCUT2D eigenvalue weighted by atomic mass is 10.2. The lowest BCUT2D eigenvalue weighted by Gasteiger charge is -2.13. The van der Waals surface area contributed by atoms with Crippen LogP contribution < -0.4 is 5.73 Å². The predicted molar refractivity (Wildman–Crippen MR) is 77.1 cm³/mol. The van der Waals surface area contributed by atoms with Gasteiger partial charge in [0.2, 0.25) is 0 Å². The molecule has 0 saturated heterocycles. The smallest absolute Gasteiger partial charge is 0.0618 e. The molecule has 0 bridgehead atoms. The maximum atomic E-state index is 12.5. The van der Waals surface area contributed by atoms with Gasteiger partial charge in [0.1, 0.15) is 0 Å². The van der Waals surface area contributed by atoms with Gasteiger partial charge in [-0.1, -0.05) is 41.9 Å². The average molecular weight is 280 g/mol. The van der Waals surface area contributed by atoms with Crippen molar-refractivity contribution in [2.75, 3.05) is 5.73 Å². The second-order valence-corrected chi connectivity index (χ2v) is 6.19. The fraction of sp³-hybridized carbons (Fsp3) is 0.143. The predicted octanol–water partition coefficient (Wildman–Crippen LogP) is 3.79. The second-order valence-electron chi connectivity index (χ2n) is 4.04. The Morgan fingerprint density at radius 1 is 1.17 bits per heavy atom. The van der Waals surface area contributed by atoms with Crippen molar-refractivity contribution in [1.29, 1.82) is 0 Å².